The van der Waals surface area contributed by atoms with Gasteiger partial charge < -0.3 is 15.2 Å². The van der Waals surface area contributed by atoms with Crippen molar-refractivity contribution in [3.8, 4) is 11.9 Å². The van der Waals surface area contributed by atoms with Gasteiger partial charge in [0.1, 0.15) is 23.7 Å². The highest BCUT2D eigenvalue weighted by molar-refractivity contribution is 5.78. The summed E-state index contributed by atoms with van der Waals surface area (Å²) in [6.45, 7) is 22.4. The molecule has 5 fully saturated rings. The van der Waals surface area contributed by atoms with Gasteiger partial charge in [0.05, 0.1) is 6.61 Å². The molecule has 1 heterocycles. The van der Waals surface area contributed by atoms with Crippen LogP contribution in [0.15, 0.2) is 53.8 Å². The first-order valence-electron chi connectivity index (χ1n) is 21.2. The minimum absolute atomic E-state index is 0.00893. The molecule has 286 valence electrons. The average molecular weight is 720 g/mol. The fourth-order valence-corrected chi connectivity index (χ4v) is 15.5. The third-order valence-corrected chi connectivity index (χ3v) is 18.4. The number of carbonyl (C=O) groups is 1. The molecule has 0 saturated heterocycles. The number of ether oxygens (including phenoxy) is 2. The maximum absolute atomic E-state index is 13.6. The molecule has 7 aliphatic carbocycles. The summed E-state index contributed by atoms with van der Waals surface area (Å²) >= 11 is 0. The predicted octanol–water partition coefficient (Wildman–Crippen LogP) is 10.1. The lowest BCUT2D eigenvalue weighted by molar-refractivity contribution is -0.216. The van der Waals surface area contributed by atoms with Gasteiger partial charge in [-0.05, 0) is 177 Å². The molecule has 2 N–H and O–H groups in total. The molecule has 0 bridgehead atoms. The maximum atomic E-state index is 13.6. The third-order valence-electron chi connectivity index (χ3n) is 18.4. The number of nitrogens with zero attached hydrogens (tertiary/aromatic N) is 2. The van der Waals surface area contributed by atoms with Crippen molar-refractivity contribution >= 4 is 5.97 Å². The average Bonchev–Trinajstić information content (AvgIpc) is 3.62. The molecular weight excluding hydrogens is 655 g/mol. The van der Waals surface area contributed by atoms with Crippen LogP contribution in [0.1, 0.15) is 131 Å². The van der Waals surface area contributed by atoms with Crippen molar-refractivity contribution in [2.45, 2.75) is 131 Å². The molecule has 0 amide bonds. The van der Waals surface area contributed by atoms with Crippen molar-refractivity contribution in [1.82, 2.24) is 4.98 Å². The van der Waals surface area contributed by atoms with Gasteiger partial charge in [-0.1, -0.05) is 58.9 Å². The molecule has 7 aliphatic rings. The number of hydrogen-bond acceptors (Lipinski definition) is 6. The summed E-state index contributed by atoms with van der Waals surface area (Å²) in [7, 11) is 0. The largest absolute Gasteiger partial charge is 0.475 e. The van der Waals surface area contributed by atoms with Gasteiger partial charge in [-0.15, -0.1) is 0 Å². The number of allylic oxidation sites excluding steroid dienone is 5. The topological polar surface area (TPSA) is 98.2 Å². The van der Waals surface area contributed by atoms with E-state index in [1.54, 1.807) is 18.3 Å². The van der Waals surface area contributed by atoms with Gasteiger partial charge >= 0.3 is 5.97 Å². The van der Waals surface area contributed by atoms with Crippen LogP contribution >= 0.6 is 0 Å². The lowest BCUT2D eigenvalue weighted by Gasteiger charge is -2.71. The second kappa shape index (κ2) is 12.6. The Bertz CT molecular complexity index is 1790. The number of rotatable bonds is 7. The molecule has 0 aromatic carbocycles. The second-order valence-corrected chi connectivity index (χ2v) is 19.9. The molecule has 1 spiro atoms. The number of aromatic nitrogens is 1. The number of nitrogens with two attached hydrogens (primary N) is 1. The van der Waals surface area contributed by atoms with Crippen LogP contribution in [0.3, 0.4) is 0 Å². The normalized spacial score (nSPS) is 46.7. The van der Waals surface area contributed by atoms with Gasteiger partial charge in [-0.3, -0.25) is 4.79 Å². The maximum Gasteiger partial charge on any atom is 0.315 e. The minimum atomic E-state index is -0.800. The SMILES string of the molecule is C=C(C)[C@@H]1CC[C@]2(N)CC[C@]3(C)[C@H](CC[C@@H]4[C@@]5(C)CC=C(C6=CC[C@](COc7ncccc7C#N)(C(=O)OCC)CC6)C(C)C6C(C)[C@@]65CC[C@]43C)[C@@H]12. The fraction of sp³-hybridized carbons (Fsp3) is 0.723. The second-order valence-electron chi connectivity index (χ2n) is 19.9. The molecule has 8 rings (SSSR count). The van der Waals surface area contributed by atoms with Crippen LogP contribution in [-0.2, 0) is 9.53 Å². The van der Waals surface area contributed by atoms with E-state index in [2.05, 4.69) is 71.3 Å². The molecular formula is C47H65N3O3. The standard InChI is InChI=1S/C47H65N3O3/c1-9-52-41(51)45(28-53-40-33(27-48)11-10-26-50-40)19-14-32(15-20-45)35-16-18-44(8)37-13-12-36-39-34(29(2)3)17-21-46(39,49)24-22-42(36,6)43(37,7)23-25-47(44)31(5)38(47)30(35)4/h10-11,14,16,26,30-31,34,36-39H,2,9,12-13,15,17-25,28,49H2,1,3-8H3/t30?,31?,34-,36+,37-,38?,39+,42+,43+,44+,45-,46-,47-/m0/s1. The smallest absolute Gasteiger partial charge is 0.315 e. The Morgan fingerprint density at radius 2 is 1.77 bits per heavy atom. The van der Waals surface area contributed by atoms with Crippen molar-refractivity contribution in [2.75, 3.05) is 13.2 Å². The number of hydrogen-bond donors (Lipinski definition) is 1. The van der Waals surface area contributed by atoms with E-state index in [4.69, 9.17) is 15.2 Å². The van der Waals surface area contributed by atoms with Crippen molar-refractivity contribution in [3.05, 3.63) is 59.3 Å². The van der Waals surface area contributed by atoms with Crippen molar-refractivity contribution < 1.29 is 14.3 Å². The zero-order chi connectivity index (χ0) is 37.8. The Morgan fingerprint density at radius 1 is 1.00 bits per heavy atom. The van der Waals surface area contributed by atoms with E-state index in [0.29, 0.717) is 76.8 Å². The van der Waals surface area contributed by atoms with E-state index in [0.717, 1.165) is 18.8 Å². The predicted molar refractivity (Wildman–Crippen MR) is 209 cm³/mol. The van der Waals surface area contributed by atoms with Crippen molar-refractivity contribution in [2.24, 2.45) is 74.2 Å². The number of pyridine rings is 1. The summed E-state index contributed by atoms with van der Waals surface area (Å²) in [6, 6.07) is 5.59. The Hall–Kier alpha value is -2.91. The summed E-state index contributed by atoms with van der Waals surface area (Å²) in [6.07, 6.45) is 20.0. The van der Waals surface area contributed by atoms with Crippen LogP contribution in [0.25, 0.3) is 0 Å². The van der Waals surface area contributed by atoms with Crippen LogP contribution < -0.4 is 10.5 Å². The number of fused-ring (bicyclic) bond motifs is 6. The number of esters is 1. The first-order valence-corrected chi connectivity index (χ1v) is 21.2. The molecule has 13 atom stereocenters. The zero-order valence-corrected chi connectivity index (χ0v) is 33.7. The van der Waals surface area contributed by atoms with Crippen LogP contribution in [0.5, 0.6) is 5.88 Å². The van der Waals surface area contributed by atoms with Crippen molar-refractivity contribution in [3.63, 3.8) is 0 Å². The lowest BCUT2D eigenvalue weighted by atomic mass is 9.34. The van der Waals surface area contributed by atoms with Gasteiger partial charge in [0.15, 0.2) is 0 Å². The first-order chi connectivity index (χ1) is 25.2. The first kappa shape index (κ1) is 37.0. The van der Waals surface area contributed by atoms with Gasteiger partial charge in [0.2, 0.25) is 5.88 Å². The summed E-state index contributed by atoms with van der Waals surface area (Å²) in [5.41, 5.74) is 12.5. The summed E-state index contributed by atoms with van der Waals surface area (Å²) in [5, 5.41) is 9.60. The molecule has 53 heavy (non-hydrogen) atoms. The fourth-order valence-electron chi connectivity index (χ4n) is 15.5. The van der Waals surface area contributed by atoms with Crippen LogP contribution in [-0.4, -0.2) is 29.7 Å². The number of nitriles is 1. The van der Waals surface area contributed by atoms with E-state index in [1.807, 2.05) is 6.92 Å². The molecule has 3 unspecified atom stereocenters. The van der Waals surface area contributed by atoms with Gasteiger partial charge in [0.25, 0.3) is 0 Å². The lowest BCUT2D eigenvalue weighted by Crippen LogP contribution is -2.66. The molecule has 1 aromatic rings. The molecule has 1 aromatic heterocycles. The van der Waals surface area contributed by atoms with Crippen LogP contribution in [0.2, 0.25) is 0 Å². The van der Waals surface area contributed by atoms with E-state index >= 15 is 0 Å². The molecule has 0 aliphatic heterocycles. The van der Waals surface area contributed by atoms with Crippen molar-refractivity contribution in [1.29, 1.82) is 5.26 Å². The third kappa shape index (κ3) is 4.96. The van der Waals surface area contributed by atoms with Gasteiger partial charge in [0, 0.05) is 11.7 Å². The van der Waals surface area contributed by atoms with Gasteiger partial charge in [-0.2, -0.15) is 5.26 Å². The van der Waals surface area contributed by atoms with E-state index in [9.17, 15) is 10.1 Å². The Labute approximate surface area is 319 Å². The van der Waals surface area contributed by atoms with Crippen LogP contribution in [0.4, 0.5) is 0 Å². The Kier molecular flexibility index (Phi) is 8.77. The van der Waals surface area contributed by atoms with Gasteiger partial charge in [-0.25, -0.2) is 4.98 Å². The highest BCUT2D eigenvalue weighted by atomic mass is 16.5. The summed E-state index contributed by atoms with van der Waals surface area (Å²) in [4.78, 5) is 17.9. The van der Waals surface area contributed by atoms with E-state index in [-0.39, 0.29) is 29.4 Å². The number of carbonyl (C=O) groups excluding carboxylic acids is 1. The quantitative estimate of drug-likeness (QED) is 0.223. The highest BCUT2D eigenvalue weighted by Gasteiger charge is 2.79. The molecule has 6 heteroatoms. The summed E-state index contributed by atoms with van der Waals surface area (Å²) < 4.78 is 11.8. The van der Waals surface area contributed by atoms with E-state index in [1.165, 1.54) is 68.1 Å². The molecule has 5 saturated carbocycles. The van der Waals surface area contributed by atoms with Crippen LogP contribution in [0, 0.1) is 79.8 Å². The molecule has 6 nitrogen and oxygen atoms in total. The minimum Gasteiger partial charge on any atom is -0.475 e. The van der Waals surface area contributed by atoms with E-state index < -0.39 is 5.41 Å². The highest BCUT2D eigenvalue weighted by Crippen LogP contribution is 2.85. The molecule has 0 radical (unpaired) electrons. The summed E-state index contributed by atoms with van der Waals surface area (Å²) in [5.74, 6) is 4.52. The zero-order valence-electron chi connectivity index (χ0n) is 33.7. The Balaban J connectivity index is 1.09. The Morgan fingerprint density at radius 3 is 2.47 bits per heavy atom. The monoisotopic (exact) mass is 720 g/mol.